The number of amidine groups is 1. The lowest BCUT2D eigenvalue weighted by atomic mass is 9.87. The summed E-state index contributed by atoms with van der Waals surface area (Å²) in [5.74, 6) is 0.580. The molecule has 3 rings (SSSR count). The van der Waals surface area contributed by atoms with Crippen LogP contribution in [0.15, 0.2) is 41.5 Å². The molecule has 2 aromatic rings. The summed E-state index contributed by atoms with van der Waals surface area (Å²) in [5.41, 5.74) is 14.1. The lowest BCUT2D eigenvalue weighted by Gasteiger charge is -2.30. The predicted octanol–water partition coefficient (Wildman–Crippen LogP) is 3.06. The molecule has 2 heterocycles. The Bertz CT molecular complexity index is 762. The molecule has 1 aromatic heterocycles. The van der Waals surface area contributed by atoms with Crippen molar-refractivity contribution in [3.05, 3.63) is 59.2 Å². The highest BCUT2D eigenvalue weighted by atomic mass is 32.2. The quantitative estimate of drug-likeness (QED) is 0.907. The van der Waals surface area contributed by atoms with E-state index in [2.05, 4.69) is 9.98 Å². The molecule has 0 fully saturated rings. The first kappa shape index (κ1) is 15.8. The van der Waals surface area contributed by atoms with E-state index in [0.717, 1.165) is 23.4 Å². The fourth-order valence-corrected chi connectivity index (χ4v) is 3.74. The van der Waals surface area contributed by atoms with Gasteiger partial charge in [0.15, 0.2) is 5.17 Å². The van der Waals surface area contributed by atoms with Crippen LogP contribution in [-0.4, -0.2) is 15.9 Å². The third-order valence-electron chi connectivity index (χ3n) is 4.10. The maximum Gasteiger partial charge on any atom is 0.154 e. The molecule has 0 radical (unpaired) electrons. The Morgan fingerprint density at radius 3 is 2.87 bits per heavy atom. The molecule has 120 valence electrons. The zero-order valence-electron chi connectivity index (χ0n) is 12.9. The second kappa shape index (κ2) is 6.20. The van der Waals surface area contributed by atoms with Gasteiger partial charge in [-0.2, -0.15) is 0 Å². The fourth-order valence-electron chi connectivity index (χ4n) is 2.77. The van der Waals surface area contributed by atoms with Crippen LogP contribution < -0.4 is 11.5 Å². The summed E-state index contributed by atoms with van der Waals surface area (Å²) in [7, 11) is 0. The molecule has 0 amide bonds. The molecule has 1 aliphatic heterocycles. The van der Waals surface area contributed by atoms with Gasteiger partial charge in [-0.1, -0.05) is 23.9 Å². The Balaban J connectivity index is 1.97. The number of halogens is 1. The van der Waals surface area contributed by atoms with Crippen LogP contribution in [0.3, 0.4) is 0 Å². The second-order valence-electron chi connectivity index (χ2n) is 5.85. The standard InChI is InChI=1S/C17H19FN4S/c1-17(6-8-23-16(20)22-17)12-9-11(4-5-13(12)18)10-15-14(19)3-2-7-21-15/h2-5,7,9H,6,8,10,19H2,1H3,(H2,20,22)/t17-/m0/s1. The van der Waals surface area contributed by atoms with E-state index in [1.165, 1.54) is 17.8 Å². The van der Waals surface area contributed by atoms with Crippen molar-refractivity contribution in [2.24, 2.45) is 10.7 Å². The first-order valence-corrected chi connectivity index (χ1v) is 8.43. The number of nitrogen functional groups attached to an aromatic ring is 1. The van der Waals surface area contributed by atoms with Crippen LogP contribution in [0.5, 0.6) is 0 Å². The first-order chi connectivity index (χ1) is 11.0. The largest absolute Gasteiger partial charge is 0.397 e. The average molecular weight is 330 g/mol. The van der Waals surface area contributed by atoms with Crippen molar-refractivity contribution in [2.45, 2.75) is 25.3 Å². The Hall–Kier alpha value is -2.08. The maximum absolute atomic E-state index is 14.4. The molecule has 23 heavy (non-hydrogen) atoms. The van der Waals surface area contributed by atoms with Gasteiger partial charge in [0.1, 0.15) is 5.82 Å². The molecule has 0 spiro atoms. The Labute approximate surface area is 139 Å². The first-order valence-electron chi connectivity index (χ1n) is 7.44. The Morgan fingerprint density at radius 1 is 1.30 bits per heavy atom. The van der Waals surface area contributed by atoms with E-state index in [0.29, 0.717) is 22.8 Å². The number of rotatable bonds is 3. The molecular weight excluding hydrogens is 311 g/mol. The van der Waals surface area contributed by atoms with Gasteiger partial charge in [0.05, 0.1) is 16.9 Å². The van der Waals surface area contributed by atoms with Crippen LogP contribution in [0.4, 0.5) is 10.1 Å². The summed E-state index contributed by atoms with van der Waals surface area (Å²) in [4.78, 5) is 8.79. The highest BCUT2D eigenvalue weighted by molar-refractivity contribution is 8.13. The van der Waals surface area contributed by atoms with Gasteiger partial charge in [-0.3, -0.25) is 9.98 Å². The van der Waals surface area contributed by atoms with E-state index in [1.54, 1.807) is 18.3 Å². The zero-order chi connectivity index (χ0) is 16.4. The normalized spacial score (nSPS) is 21.0. The molecule has 6 heteroatoms. The number of nitrogens with two attached hydrogens (primary N) is 2. The summed E-state index contributed by atoms with van der Waals surface area (Å²) in [6.45, 7) is 1.93. The molecule has 0 aliphatic carbocycles. The van der Waals surface area contributed by atoms with E-state index < -0.39 is 5.54 Å². The minimum absolute atomic E-state index is 0.256. The maximum atomic E-state index is 14.4. The molecule has 4 N–H and O–H groups in total. The van der Waals surface area contributed by atoms with Crippen molar-refractivity contribution in [3.63, 3.8) is 0 Å². The third-order valence-corrected chi connectivity index (χ3v) is 4.90. The summed E-state index contributed by atoms with van der Waals surface area (Å²) in [6, 6.07) is 8.73. The van der Waals surface area contributed by atoms with Crippen molar-refractivity contribution in [1.82, 2.24) is 4.98 Å². The number of nitrogens with zero attached hydrogens (tertiary/aromatic N) is 2. The molecule has 1 aliphatic rings. The molecule has 1 atom stereocenters. The average Bonchev–Trinajstić information content (AvgIpc) is 2.51. The SMILES string of the molecule is C[C@@]1(c2cc(Cc3ncccc3N)ccc2F)CCSC(N)=N1. The topological polar surface area (TPSA) is 77.3 Å². The van der Waals surface area contributed by atoms with Crippen LogP contribution in [0.1, 0.15) is 30.2 Å². The Kier molecular flexibility index (Phi) is 4.26. The van der Waals surface area contributed by atoms with Gasteiger partial charge in [0.2, 0.25) is 0 Å². The molecule has 0 saturated heterocycles. The Morgan fingerprint density at radius 2 is 2.13 bits per heavy atom. The summed E-state index contributed by atoms with van der Waals surface area (Å²) < 4.78 is 14.4. The van der Waals surface area contributed by atoms with Crippen LogP contribution >= 0.6 is 11.8 Å². The number of pyridine rings is 1. The van der Waals surface area contributed by atoms with Crippen molar-refractivity contribution >= 4 is 22.6 Å². The van der Waals surface area contributed by atoms with Crippen LogP contribution in [0.25, 0.3) is 0 Å². The van der Waals surface area contributed by atoms with Crippen LogP contribution in [-0.2, 0) is 12.0 Å². The van der Waals surface area contributed by atoms with Crippen LogP contribution in [0, 0.1) is 5.82 Å². The van der Waals surface area contributed by atoms with Gasteiger partial charge in [-0.05, 0) is 37.1 Å². The number of anilines is 1. The minimum atomic E-state index is -0.620. The van der Waals surface area contributed by atoms with Gasteiger partial charge in [0.25, 0.3) is 0 Å². The van der Waals surface area contributed by atoms with Crippen molar-refractivity contribution in [3.8, 4) is 0 Å². The van der Waals surface area contributed by atoms with E-state index >= 15 is 0 Å². The number of aliphatic imine (C=N–C) groups is 1. The minimum Gasteiger partial charge on any atom is -0.397 e. The van der Waals surface area contributed by atoms with Crippen molar-refractivity contribution < 1.29 is 4.39 Å². The van der Waals surface area contributed by atoms with Gasteiger partial charge < -0.3 is 11.5 Å². The summed E-state index contributed by atoms with van der Waals surface area (Å²) in [5, 5.41) is 0.512. The number of hydrogen-bond donors (Lipinski definition) is 2. The van der Waals surface area contributed by atoms with Gasteiger partial charge in [0, 0.05) is 23.9 Å². The lowest BCUT2D eigenvalue weighted by molar-refractivity contribution is 0.449. The van der Waals surface area contributed by atoms with Crippen molar-refractivity contribution in [2.75, 3.05) is 11.5 Å². The summed E-state index contributed by atoms with van der Waals surface area (Å²) >= 11 is 1.51. The fraction of sp³-hybridized carbons (Fsp3) is 0.294. The van der Waals surface area contributed by atoms with Gasteiger partial charge in [-0.25, -0.2) is 4.39 Å². The van der Waals surface area contributed by atoms with Crippen LogP contribution in [0.2, 0.25) is 0 Å². The molecule has 4 nitrogen and oxygen atoms in total. The number of aromatic nitrogens is 1. The van der Waals surface area contributed by atoms with Gasteiger partial charge in [-0.15, -0.1) is 0 Å². The second-order valence-corrected chi connectivity index (χ2v) is 6.97. The van der Waals surface area contributed by atoms with Gasteiger partial charge >= 0.3 is 0 Å². The number of thioether (sulfide) groups is 1. The number of benzene rings is 1. The third kappa shape index (κ3) is 3.32. The van der Waals surface area contributed by atoms with E-state index in [-0.39, 0.29) is 5.82 Å². The molecule has 0 bridgehead atoms. The van der Waals surface area contributed by atoms with E-state index in [4.69, 9.17) is 11.5 Å². The van der Waals surface area contributed by atoms with E-state index in [9.17, 15) is 4.39 Å². The number of hydrogen-bond acceptors (Lipinski definition) is 5. The van der Waals surface area contributed by atoms with E-state index in [1.807, 2.05) is 19.1 Å². The smallest absolute Gasteiger partial charge is 0.154 e. The monoisotopic (exact) mass is 330 g/mol. The zero-order valence-corrected chi connectivity index (χ0v) is 13.7. The molecule has 0 unspecified atom stereocenters. The molecular formula is C17H19FN4S. The van der Waals surface area contributed by atoms with Crippen molar-refractivity contribution in [1.29, 1.82) is 0 Å². The lowest BCUT2D eigenvalue weighted by Crippen LogP contribution is -2.29. The molecule has 1 aromatic carbocycles. The highest BCUT2D eigenvalue weighted by Crippen LogP contribution is 2.37. The highest BCUT2D eigenvalue weighted by Gasteiger charge is 2.32. The summed E-state index contributed by atoms with van der Waals surface area (Å²) in [6.07, 6.45) is 3.02. The predicted molar refractivity (Wildman–Crippen MR) is 93.9 cm³/mol. The molecule has 0 saturated carbocycles.